The summed E-state index contributed by atoms with van der Waals surface area (Å²) < 4.78 is 38.4. The predicted molar refractivity (Wildman–Crippen MR) is 105 cm³/mol. The van der Waals surface area contributed by atoms with Crippen molar-refractivity contribution in [2.75, 3.05) is 0 Å². The van der Waals surface area contributed by atoms with Crippen molar-refractivity contribution < 1.29 is 27.9 Å². The summed E-state index contributed by atoms with van der Waals surface area (Å²) in [5.41, 5.74) is 1.70. The van der Waals surface area contributed by atoms with Crippen LogP contribution in [0.15, 0.2) is 71.9 Å². The number of aliphatic hydroxyl groups is 1. The van der Waals surface area contributed by atoms with E-state index < -0.39 is 18.4 Å². The van der Waals surface area contributed by atoms with Crippen molar-refractivity contribution in [3.8, 4) is 0 Å². The summed E-state index contributed by atoms with van der Waals surface area (Å²) in [5, 5.41) is 17.7. The number of carbonyl (C=O) groups is 1. The molecule has 1 atom stereocenters. The number of carbonyl (C=O) groups excluding carboxylic acids is 1. The molecule has 0 aliphatic carbocycles. The Bertz CT molecular complexity index is 1130. The lowest BCUT2D eigenvalue weighted by Crippen LogP contribution is -2.45. The van der Waals surface area contributed by atoms with Gasteiger partial charge in [-0.25, -0.2) is 0 Å². The van der Waals surface area contributed by atoms with E-state index in [1.807, 2.05) is 36.4 Å². The monoisotopic (exact) mass is 414 g/mol. The van der Waals surface area contributed by atoms with Gasteiger partial charge >= 0.3 is 12.0 Å². The summed E-state index contributed by atoms with van der Waals surface area (Å²) in [7, 11) is 0. The van der Waals surface area contributed by atoms with Gasteiger partial charge in [0.1, 0.15) is 0 Å². The third-order valence-corrected chi connectivity index (χ3v) is 4.91. The van der Waals surface area contributed by atoms with Gasteiger partial charge < -0.3 is 15.3 Å². The number of nitrogens with one attached hydrogen (secondary N) is 1. The molecule has 0 spiro atoms. The SMILES string of the molecule is O=C(NCc1ccc(C2=NOC(O)(C(F)(F)F)C2)cc1)c1ccc2ccccc2c1. The first-order valence-corrected chi connectivity index (χ1v) is 9.16. The molecule has 0 saturated heterocycles. The molecule has 1 aliphatic heterocycles. The third kappa shape index (κ3) is 3.86. The van der Waals surface area contributed by atoms with E-state index in [1.165, 1.54) is 0 Å². The van der Waals surface area contributed by atoms with Gasteiger partial charge in [-0.05, 0) is 34.0 Å². The lowest BCUT2D eigenvalue weighted by molar-refractivity contribution is -0.355. The average Bonchev–Trinajstić information content (AvgIpc) is 3.15. The Kier molecular flexibility index (Phi) is 4.95. The summed E-state index contributed by atoms with van der Waals surface area (Å²) in [5.74, 6) is -3.52. The van der Waals surface area contributed by atoms with Crippen LogP contribution in [0.4, 0.5) is 13.2 Å². The summed E-state index contributed by atoms with van der Waals surface area (Å²) in [6, 6.07) is 19.7. The largest absolute Gasteiger partial charge is 0.458 e. The van der Waals surface area contributed by atoms with E-state index in [2.05, 4.69) is 15.3 Å². The second-order valence-corrected chi connectivity index (χ2v) is 7.03. The van der Waals surface area contributed by atoms with E-state index in [-0.39, 0.29) is 18.2 Å². The minimum absolute atomic E-state index is 0.00146. The van der Waals surface area contributed by atoms with Crippen LogP contribution in [-0.4, -0.2) is 28.7 Å². The van der Waals surface area contributed by atoms with E-state index in [9.17, 15) is 23.1 Å². The molecule has 30 heavy (non-hydrogen) atoms. The molecule has 1 heterocycles. The fraction of sp³-hybridized carbons (Fsp3) is 0.182. The Morgan fingerprint density at radius 2 is 1.77 bits per heavy atom. The van der Waals surface area contributed by atoms with Gasteiger partial charge in [0.05, 0.1) is 12.1 Å². The highest BCUT2D eigenvalue weighted by Crippen LogP contribution is 2.38. The molecule has 0 aromatic heterocycles. The number of oxime groups is 1. The van der Waals surface area contributed by atoms with Crippen molar-refractivity contribution in [1.82, 2.24) is 5.32 Å². The van der Waals surface area contributed by atoms with Crippen molar-refractivity contribution in [3.05, 3.63) is 83.4 Å². The fourth-order valence-corrected chi connectivity index (χ4v) is 3.16. The van der Waals surface area contributed by atoms with E-state index in [4.69, 9.17) is 0 Å². The molecule has 3 aromatic carbocycles. The minimum atomic E-state index is -4.94. The molecule has 4 rings (SSSR count). The highest BCUT2D eigenvalue weighted by molar-refractivity contribution is 6.01. The Hall–Kier alpha value is -3.39. The normalized spacial score (nSPS) is 18.7. The van der Waals surface area contributed by atoms with Crippen LogP contribution in [0.1, 0.15) is 27.9 Å². The molecular weight excluding hydrogens is 397 g/mol. The number of halogens is 3. The molecule has 3 aromatic rings. The smallest absolute Gasteiger partial charge is 0.350 e. The Morgan fingerprint density at radius 1 is 1.07 bits per heavy atom. The van der Waals surface area contributed by atoms with Crippen molar-refractivity contribution in [1.29, 1.82) is 0 Å². The van der Waals surface area contributed by atoms with Crippen LogP contribution in [0, 0.1) is 0 Å². The summed E-state index contributed by atoms with van der Waals surface area (Å²) in [6.07, 6.45) is -5.72. The summed E-state index contributed by atoms with van der Waals surface area (Å²) >= 11 is 0. The third-order valence-electron chi connectivity index (χ3n) is 4.91. The Labute approximate surface area is 169 Å². The zero-order chi connectivity index (χ0) is 21.4. The van der Waals surface area contributed by atoms with Gasteiger partial charge in [0.2, 0.25) is 0 Å². The number of amides is 1. The molecule has 0 saturated carbocycles. The van der Waals surface area contributed by atoms with E-state index in [0.717, 1.165) is 16.3 Å². The second kappa shape index (κ2) is 7.46. The number of hydrogen-bond donors (Lipinski definition) is 2. The van der Waals surface area contributed by atoms with Gasteiger partial charge in [-0.2, -0.15) is 13.2 Å². The van der Waals surface area contributed by atoms with Gasteiger partial charge in [-0.3, -0.25) is 4.79 Å². The molecule has 1 amide bonds. The zero-order valence-electron chi connectivity index (χ0n) is 15.6. The van der Waals surface area contributed by atoms with Gasteiger partial charge in [0.15, 0.2) is 0 Å². The standard InChI is InChI=1S/C22H17F3N2O3/c23-22(24,25)21(29)12-19(27-30-21)16-7-5-14(6-8-16)13-26-20(28)18-10-9-15-3-1-2-4-17(15)11-18/h1-11,29H,12-13H2,(H,26,28). The molecule has 0 fully saturated rings. The molecule has 0 radical (unpaired) electrons. The number of rotatable bonds is 4. The number of hydrogen-bond acceptors (Lipinski definition) is 4. The first-order chi connectivity index (χ1) is 14.2. The lowest BCUT2D eigenvalue weighted by Gasteiger charge is -2.22. The molecule has 2 N–H and O–H groups in total. The maximum absolute atomic E-state index is 12.8. The lowest BCUT2D eigenvalue weighted by atomic mass is 10.0. The van der Waals surface area contributed by atoms with Crippen LogP contribution >= 0.6 is 0 Å². The first-order valence-electron chi connectivity index (χ1n) is 9.16. The molecular formula is C22H17F3N2O3. The molecule has 154 valence electrons. The summed E-state index contributed by atoms with van der Waals surface area (Å²) in [4.78, 5) is 16.6. The van der Waals surface area contributed by atoms with Crippen LogP contribution in [0.2, 0.25) is 0 Å². The average molecular weight is 414 g/mol. The summed E-state index contributed by atoms with van der Waals surface area (Å²) in [6.45, 7) is 0.251. The maximum atomic E-state index is 12.8. The molecule has 1 aliphatic rings. The van der Waals surface area contributed by atoms with Crippen molar-refractivity contribution in [3.63, 3.8) is 0 Å². The number of fused-ring (bicyclic) bond motifs is 1. The van der Waals surface area contributed by atoms with Crippen molar-refractivity contribution in [2.24, 2.45) is 5.16 Å². The van der Waals surface area contributed by atoms with Crippen LogP contribution < -0.4 is 5.32 Å². The van der Waals surface area contributed by atoms with Crippen molar-refractivity contribution >= 4 is 22.4 Å². The van der Waals surface area contributed by atoms with E-state index in [0.29, 0.717) is 11.1 Å². The number of alkyl halides is 3. The topological polar surface area (TPSA) is 70.9 Å². The zero-order valence-corrected chi connectivity index (χ0v) is 15.6. The molecule has 8 heteroatoms. The molecule has 0 bridgehead atoms. The van der Waals surface area contributed by atoms with Gasteiger partial charge in [-0.15, -0.1) is 0 Å². The highest BCUT2D eigenvalue weighted by Gasteiger charge is 2.60. The van der Waals surface area contributed by atoms with Crippen LogP contribution in [0.25, 0.3) is 10.8 Å². The predicted octanol–water partition coefficient (Wildman–Crippen LogP) is 4.15. The van der Waals surface area contributed by atoms with E-state index in [1.54, 1.807) is 30.3 Å². The van der Waals surface area contributed by atoms with Gasteiger partial charge in [0, 0.05) is 12.1 Å². The second-order valence-electron chi connectivity index (χ2n) is 7.03. The quantitative estimate of drug-likeness (QED) is 0.674. The fourth-order valence-electron chi connectivity index (χ4n) is 3.16. The first kappa shape index (κ1) is 19.9. The molecule has 5 nitrogen and oxygen atoms in total. The van der Waals surface area contributed by atoms with Crippen LogP contribution in [0.3, 0.4) is 0 Å². The number of benzene rings is 3. The van der Waals surface area contributed by atoms with Gasteiger partial charge in [-0.1, -0.05) is 59.8 Å². The minimum Gasteiger partial charge on any atom is -0.350 e. The van der Waals surface area contributed by atoms with Crippen LogP contribution in [-0.2, 0) is 11.4 Å². The van der Waals surface area contributed by atoms with Crippen LogP contribution in [0.5, 0.6) is 0 Å². The Balaban J connectivity index is 1.38. The van der Waals surface area contributed by atoms with Gasteiger partial charge in [0.25, 0.3) is 5.91 Å². The highest BCUT2D eigenvalue weighted by atomic mass is 19.4. The Morgan fingerprint density at radius 3 is 2.43 bits per heavy atom. The van der Waals surface area contributed by atoms with Crippen molar-refractivity contribution in [2.45, 2.75) is 24.9 Å². The number of nitrogens with zero attached hydrogens (tertiary/aromatic N) is 1. The molecule has 1 unspecified atom stereocenters. The van der Waals surface area contributed by atoms with E-state index >= 15 is 0 Å². The maximum Gasteiger partial charge on any atom is 0.458 e.